The van der Waals surface area contributed by atoms with Crippen molar-refractivity contribution in [1.82, 2.24) is 9.80 Å². The summed E-state index contributed by atoms with van der Waals surface area (Å²) in [7, 11) is 0. The van der Waals surface area contributed by atoms with Crippen molar-refractivity contribution in [2.75, 3.05) is 31.5 Å². The number of nitrogens with zero attached hydrogens (tertiary/aromatic N) is 3. The maximum absolute atomic E-state index is 13.9. The second-order valence-electron chi connectivity index (χ2n) is 7.40. The Morgan fingerprint density at radius 1 is 1.06 bits per heavy atom. The molecule has 1 aromatic heterocycles. The van der Waals surface area contributed by atoms with Crippen molar-refractivity contribution >= 4 is 34.6 Å². The van der Waals surface area contributed by atoms with Crippen LogP contribution in [0.5, 0.6) is 0 Å². The molecule has 0 unspecified atom stereocenters. The highest BCUT2D eigenvalue weighted by Crippen LogP contribution is 2.27. The van der Waals surface area contributed by atoms with Crippen LogP contribution in [0.4, 0.5) is 14.9 Å². The number of esters is 1. The minimum absolute atomic E-state index is 0.0866. The molecule has 0 radical (unpaired) electrons. The van der Waals surface area contributed by atoms with Gasteiger partial charge in [0.05, 0.1) is 6.26 Å². The van der Waals surface area contributed by atoms with Crippen LogP contribution in [0.2, 0.25) is 0 Å². The number of rotatable bonds is 3. The zero-order chi connectivity index (χ0) is 22.1. The maximum Gasteiger partial charge on any atom is 0.365 e. The first kappa shape index (κ1) is 19.8. The van der Waals surface area contributed by atoms with Crippen LogP contribution in [0.3, 0.4) is 0 Å². The zero-order valence-electron chi connectivity index (χ0n) is 17.0. The van der Waals surface area contributed by atoms with Crippen molar-refractivity contribution in [3.63, 3.8) is 0 Å². The first-order valence-electron chi connectivity index (χ1n) is 10.1. The van der Waals surface area contributed by atoms with Gasteiger partial charge in [-0.15, -0.1) is 0 Å². The molecule has 8 nitrogen and oxygen atoms in total. The van der Waals surface area contributed by atoms with E-state index in [0.717, 1.165) is 5.69 Å². The molecule has 2 amide bonds. The molecule has 3 aromatic rings. The summed E-state index contributed by atoms with van der Waals surface area (Å²) < 4.78 is 24.3. The van der Waals surface area contributed by atoms with E-state index in [1.54, 1.807) is 17.2 Å². The van der Waals surface area contributed by atoms with E-state index in [9.17, 15) is 14.0 Å². The molecular formula is C23H19FN4O4. The largest absolute Gasteiger partial charge is 0.461 e. The third kappa shape index (κ3) is 3.80. The third-order valence-electron chi connectivity index (χ3n) is 5.35. The number of carbonyl (C=O) groups is 2. The van der Waals surface area contributed by atoms with Crippen LogP contribution in [0.15, 0.2) is 76.1 Å². The van der Waals surface area contributed by atoms with Crippen LogP contribution >= 0.6 is 0 Å². The van der Waals surface area contributed by atoms with Crippen molar-refractivity contribution < 1.29 is 23.1 Å². The molecule has 0 atom stereocenters. The van der Waals surface area contributed by atoms with E-state index in [4.69, 9.17) is 9.15 Å². The number of nitrogens with one attached hydrogen (secondary N) is 1. The van der Waals surface area contributed by atoms with Crippen LogP contribution in [0.1, 0.15) is 5.56 Å². The van der Waals surface area contributed by atoms with Crippen molar-refractivity contribution in [3.05, 3.63) is 78.1 Å². The number of cyclic esters (lactones) is 1. The number of benzene rings is 2. The van der Waals surface area contributed by atoms with Gasteiger partial charge in [0, 0.05) is 49.0 Å². The lowest BCUT2D eigenvalue weighted by Crippen LogP contribution is -2.48. The highest BCUT2D eigenvalue weighted by atomic mass is 19.1. The second kappa shape index (κ2) is 8.18. The number of ether oxygens (including phenoxy) is 1. The number of halogens is 1. The first-order chi connectivity index (χ1) is 15.6. The Morgan fingerprint density at radius 3 is 2.62 bits per heavy atom. The molecule has 2 aliphatic heterocycles. The zero-order valence-corrected chi connectivity index (χ0v) is 17.0. The minimum Gasteiger partial charge on any atom is -0.461 e. The molecule has 2 aromatic carbocycles. The molecule has 32 heavy (non-hydrogen) atoms. The van der Waals surface area contributed by atoms with E-state index in [2.05, 4.69) is 10.3 Å². The number of urea groups is 1. The van der Waals surface area contributed by atoms with E-state index < -0.39 is 11.8 Å². The fourth-order valence-electron chi connectivity index (χ4n) is 3.68. The minimum atomic E-state index is -0.578. The molecule has 0 aliphatic carbocycles. The van der Waals surface area contributed by atoms with Gasteiger partial charge in [-0.05, 0) is 30.3 Å². The van der Waals surface area contributed by atoms with Gasteiger partial charge in [0.1, 0.15) is 0 Å². The van der Waals surface area contributed by atoms with Crippen molar-refractivity contribution in [2.45, 2.75) is 0 Å². The van der Waals surface area contributed by atoms with E-state index in [1.165, 1.54) is 18.4 Å². The highest BCUT2D eigenvalue weighted by molar-refractivity contribution is 6.15. The molecule has 162 valence electrons. The highest BCUT2D eigenvalue weighted by Gasteiger charge is 2.28. The SMILES string of the molecule is O=C1OC(c2ccc(F)c3occc23)=NC1=CN1CCN(C(=O)Nc2ccccc2)CC1. The molecule has 1 fully saturated rings. The summed E-state index contributed by atoms with van der Waals surface area (Å²) in [5.74, 6) is -0.970. The molecule has 1 N–H and O–H groups in total. The van der Waals surface area contributed by atoms with E-state index in [-0.39, 0.29) is 23.2 Å². The number of para-hydroxylation sites is 1. The van der Waals surface area contributed by atoms with E-state index in [0.29, 0.717) is 37.1 Å². The monoisotopic (exact) mass is 434 g/mol. The molecular weight excluding hydrogens is 415 g/mol. The van der Waals surface area contributed by atoms with Gasteiger partial charge in [0.15, 0.2) is 17.1 Å². The molecule has 0 spiro atoms. The molecule has 2 aliphatic rings. The third-order valence-corrected chi connectivity index (χ3v) is 5.35. The van der Waals surface area contributed by atoms with E-state index >= 15 is 0 Å². The Hall–Kier alpha value is -4.14. The summed E-state index contributed by atoms with van der Waals surface area (Å²) in [5.41, 5.74) is 1.46. The van der Waals surface area contributed by atoms with Crippen LogP contribution < -0.4 is 5.32 Å². The predicted molar refractivity (Wildman–Crippen MR) is 115 cm³/mol. The van der Waals surface area contributed by atoms with Gasteiger partial charge in [-0.25, -0.2) is 19.0 Å². The molecule has 5 rings (SSSR count). The average Bonchev–Trinajstić information content (AvgIpc) is 3.43. The summed E-state index contributed by atoms with van der Waals surface area (Å²) in [4.78, 5) is 32.7. The fraction of sp³-hybridized carbons (Fsp3) is 0.174. The number of amides is 2. The van der Waals surface area contributed by atoms with Crippen LogP contribution in [-0.2, 0) is 9.53 Å². The average molecular weight is 434 g/mol. The number of aliphatic imine (C=N–C) groups is 1. The van der Waals surface area contributed by atoms with Crippen molar-refractivity contribution in [3.8, 4) is 0 Å². The quantitative estimate of drug-likeness (QED) is 0.503. The summed E-state index contributed by atoms with van der Waals surface area (Å²) >= 11 is 0. The summed E-state index contributed by atoms with van der Waals surface area (Å²) in [6, 6.07) is 13.5. The Bertz CT molecular complexity index is 1240. The molecule has 3 heterocycles. The lowest BCUT2D eigenvalue weighted by molar-refractivity contribution is -0.130. The summed E-state index contributed by atoms with van der Waals surface area (Å²) in [5, 5.41) is 3.35. The number of piperazine rings is 1. The molecule has 0 bridgehead atoms. The number of carbonyl (C=O) groups excluding carboxylic acids is 2. The normalized spacial score (nSPS) is 17.6. The molecule has 1 saturated heterocycles. The van der Waals surface area contributed by atoms with Gasteiger partial charge in [0.2, 0.25) is 5.90 Å². The van der Waals surface area contributed by atoms with Crippen LogP contribution in [-0.4, -0.2) is 53.9 Å². The number of hydrogen-bond donors (Lipinski definition) is 1. The van der Waals surface area contributed by atoms with Gasteiger partial charge < -0.3 is 24.3 Å². The summed E-state index contributed by atoms with van der Waals surface area (Å²) in [6.07, 6.45) is 3.01. The first-order valence-corrected chi connectivity index (χ1v) is 10.1. The van der Waals surface area contributed by atoms with Crippen LogP contribution in [0, 0.1) is 5.82 Å². The van der Waals surface area contributed by atoms with Gasteiger partial charge in [-0.2, -0.15) is 0 Å². The Morgan fingerprint density at radius 2 is 1.84 bits per heavy atom. The standard InChI is InChI=1S/C23H19FN4O4/c24-18-7-6-17(16-8-13-31-20(16)18)21-26-19(22(29)32-21)14-27-9-11-28(12-10-27)23(30)25-15-4-2-1-3-5-15/h1-8,13-14H,9-12H2,(H,25,30). The second-order valence-corrected chi connectivity index (χ2v) is 7.40. The Kier molecular flexibility index (Phi) is 5.06. The Labute approximate surface area is 182 Å². The van der Waals surface area contributed by atoms with Crippen molar-refractivity contribution in [1.29, 1.82) is 0 Å². The van der Waals surface area contributed by atoms with Crippen LogP contribution in [0.25, 0.3) is 11.0 Å². The fourth-order valence-corrected chi connectivity index (χ4v) is 3.68. The topological polar surface area (TPSA) is 87.4 Å². The predicted octanol–water partition coefficient (Wildman–Crippen LogP) is 3.57. The number of furan rings is 1. The van der Waals surface area contributed by atoms with Gasteiger partial charge in [0.25, 0.3) is 0 Å². The molecule has 9 heteroatoms. The summed E-state index contributed by atoms with van der Waals surface area (Å²) in [6.45, 7) is 2.10. The number of hydrogen-bond acceptors (Lipinski definition) is 6. The lowest BCUT2D eigenvalue weighted by atomic mass is 10.1. The van der Waals surface area contributed by atoms with Gasteiger partial charge in [-0.1, -0.05) is 18.2 Å². The van der Waals surface area contributed by atoms with E-state index in [1.807, 2.05) is 35.2 Å². The molecule has 0 saturated carbocycles. The van der Waals surface area contributed by atoms with Gasteiger partial charge >= 0.3 is 12.0 Å². The van der Waals surface area contributed by atoms with Crippen molar-refractivity contribution in [2.24, 2.45) is 4.99 Å². The van der Waals surface area contributed by atoms with Gasteiger partial charge in [-0.3, -0.25) is 0 Å². The number of fused-ring (bicyclic) bond motifs is 1. The maximum atomic E-state index is 13.9. The number of anilines is 1. The Balaban J connectivity index is 1.26. The lowest BCUT2D eigenvalue weighted by Gasteiger charge is -2.34. The smallest absolute Gasteiger partial charge is 0.365 e.